The molecule has 2 N–H and O–H groups in total. The number of nitrogens with zero attached hydrogens (tertiary/aromatic N) is 2. The molecule has 0 fully saturated rings. The molecule has 12 heteroatoms. The van der Waals surface area contributed by atoms with E-state index >= 15 is 0 Å². The third-order valence-electron chi connectivity index (χ3n) is 8.72. The minimum absolute atomic E-state index is 0.0160. The first kappa shape index (κ1) is 35.1. The molecule has 2 amide bonds. The molecule has 0 unspecified atom stereocenters. The molecule has 0 spiro atoms. The molecule has 0 saturated heterocycles. The second kappa shape index (κ2) is 16.3. The van der Waals surface area contributed by atoms with Crippen LogP contribution in [0.15, 0.2) is 100 Å². The van der Waals surface area contributed by atoms with E-state index in [2.05, 4.69) is 5.32 Å². The van der Waals surface area contributed by atoms with E-state index in [1.54, 1.807) is 41.3 Å². The molecule has 260 valence electrons. The van der Waals surface area contributed by atoms with E-state index in [0.29, 0.717) is 58.5 Å². The lowest BCUT2D eigenvalue weighted by atomic mass is 10.00. The summed E-state index contributed by atoms with van der Waals surface area (Å²) in [6, 6.07) is 26.8. The molecule has 1 aromatic heterocycles. The molecule has 2 atom stereocenters. The highest BCUT2D eigenvalue weighted by Gasteiger charge is 2.27. The Morgan fingerprint density at radius 3 is 2.40 bits per heavy atom. The number of nitrogens with one attached hydrogen (secondary N) is 1. The number of carbonyl (C=O) groups is 2. The average molecular weight is 719 g/mol. The number of aryl methyl sites for hydroxylation is 2. The third-order valence-corrected chi connectivity index (χ3v) is 9.46. The van der Waals surface area contributed by atoms with Gasteiger partial charge in [0.25, 0.3) is 0 Å². The van der Waals surface area contributed by atoms with Gasteiger partial charge in [-0.3, -0.25) is 14.2 Å². The van der Waals surface area contributed by atoms with Crippen molar-refractivity contribution in [3.05, 3.63) is 128 Å². The maximum absolute atomic E-state index is 13.8. The molecule has 1 aliphatic heterocycles. The van der Waals surface area contributed by atoms with Crippen LogP contribution in [0.4, 0.5) is 0 Å². The standard InChI is InChI=1S/C38H37Cl2N3O7/c39-28-13-10-26(20-29(28)40)12-15-37(46)42(18-16-27-11-14-34-35(22-27)49-24-48-34)23-32(44)30(21-25-6-2-1-3-7-25)41-36(45)17-19-43-31-8-4-5-9-33(31)50-38(43)47/h1-11,13-14,20,22,30,32,44H,12,15-19,21,23-24H2,(H,41,45)/t30-,32-/m0/s1. The number of carbonyl (C=O) groups excluding carboxylic acids is 2. The number of hydrogen-bond acceptors (Lipinski definition) is 7. The first-order valence-corrected chi connectivity index (χ1v) is 17.2. The molecule has 0 bridgehead atoms. The normalized spacial score (nSPS) is 13.3. The second-order valence-corrected chi connectivity index (χ2v) is 13.0. The lowest BCUT2D eigenvalue weighted by Crippen LogP contribution is -2.51. The van der Waals surface area contributed by atoms with Gasteiger partial charge in [-0.2, -0.15) is 0 Å². The smallest absolute Gasteiger partial charge is 0.419 e. The number of aromatic nitrogens is 1. The van der Waals surface area contributed by atoms with Crippen molar-refractivity contribution in [2.24, 2.45) is 0 Å². The number of rotatable bonds is 15. The maximum atomic E-state index is 13.8. The minimum Gasteiger partial charge on any atom is -0.454 e. The highest BCUT2D eigenvalue weighted by molar-refractivity contribution is 6.42. The van der Waals surface area contributed by atoms with Gasteiger partial charge < -0.3 is 29.2 Å². The summed E-state index contributed by atoms with van der Waals surface area (Å²) in [5.41, 5.74) is 3.76. The average Bonchev–Trinajstić information content (AvgIpc) is 3.72. The van der Waals surface area contributed by atoms with Crippen molar-refractivity contribution in [3.63, 3.8) is 0 Å². The Balaban J connectivity index is 1.17. The van der Waals surface area contributed by atoms with Crippen LogP contribution in [0.2, 0.25) is 10.0 Å². The summed E-state index contributed by atoms with van der Waals surface area (Å²) in [4.78, 5) is 41.2. The van der Waals surface area contributed by atoms with Gasteiger partial charge in [-0.15, -0.1) is 0 Å². The second-order valence-electron chi connectivity index (χ2n) is 12.2. The van der Waals surface area contributed by atoms with Crippen LogP contribution in [0.1, 0.15) is 29.5 Å². The van der Waals surface area contributed by atoms with E-state index in [1.165, 1.54) is 4.57 Å². The Morgan fingerprint density at radius 1 is 0.840 bits per heavy atom. The first-order chi connectivity index (χ1) is 24.2. The number of fused-ring (bicyclic) bond motifs is 2. The largest absolute Gasteiger partial charge is 0.454 e. The quantitative estimate of drug-likeness (QED) is 0.140. The summed E-state index contributed by atoms with van der Waals surface area (Å²) in [6.45, 7) is 0.562. The highest BCUT2D eigenvalue weighted by Crippen LogP contribution is 2.32. The molecule has 0 radical (unpaired) electrons. The number of amides is 2. The lowest BCUT2D eigenvalue weighted by molar-refractivity contribution is -0.133. The zero-order chi connectivity index (χ0) is 35.0. The van der Waals surface area contributed by atoms with Crippen LogP contribution in [0, 0.1) is 0 Å². The first-order valence-electron chi connectivity index (χ1n) is 16.4. The number of oxazole rings is 1. The van der Waals surface area contributed by atoms with Gasteiger partial charge in [-0.05, 0) is 72.4 Å². The fraction of sp³-hybridized carbons (Fsp3) is 0.289. The van der Waals surface area contributed by atoms with Crippen molar-refractivity contribution in [1.29, 1.82) is 0 Å². The number of ether oxygens (including phenoxy) is 2. The van der Waals surface area contributed by atoms with Crippen LogP contribution in [0.3, 0.4) is 0 Å². The number of hydrogen-bond donors (Lipinski definition) is 2. The number of halogens is 2. The summed E-state index contributed by atoms with van der Waals surface area (Å²) < 4.78 is 17.7. The van der Waals surface area contributed by atoms with Gasteiger partial charge in [-0.1, -0.05) is 77.8 Å². The number of para-hydroxylation sites is 2. The molecule has 50 heavy (non-hydrogen) atoms. The summed E-state index contributed by atoms with van der Waals surface area (Å²) in [5, 5.41) is 15.5. The highest BCUT2D eigenvalue weighted by atomic mass is 35.5. The molecule has 1 aliphatic rings. The molecule has 0 saturated carbocycles. The summed E-state index contributed by atoms with van der Waals surface area (Å²) in [7, 11) is 0. The molecule has 10 nitrogen and oxygen atoms in total. The Hall–Kier alpha value is -4.77. The Kier molecular flexibility index (Phi) is 11.4. The SMILES string of the molecule is O=C(CCn1c(=O)oc2ccccc21)N[C@@H](Cc1ccccc1)[C@@H](O)CN(CCc1ccc2c(c1)OCO2)C(=O)CCc1ccc(Cl)c(Cl)c1. The van der Waals surface area contributed by atoms with Crippen LogP contribution >= 0.6 is 23.2 Å². The number of aliphatic hydroxyl groups is 1. The Labute approximate surface area is 299 Å². The van der Waals surface area contributed by atoms with E-state index < -0.39 is 17.9 Å². The fourth-order valence-electron chi connectivity index (χ4n) is 6.01. The Bertz CT molecular complexity index is 2010. The van der Waals surface area contributed by atoms with Crippen molar-refractivity contribution in [2.45, 2.75) is 50.8 Å². The molecular weight excluding hydrogens is 681 g/mol. The third kappa shape index (κ3) is 8.87. The van der Waals surface area contributed by atoms with E-state index in [9.17, 15) is 19.5 Å². The monoisotopic (exact) mass is 717 g/mol. The maximum Gasteiger partial charge on any atom is 0.419 e. The van der Waals surface area contributed by atoms with Gasteiger partial charge in [0.15, 0.2) is 17.1 Å². The van der Waals surface area contributed by atoms with Crippen molar-refractivity contribution in [1.82, 2.24) is 14.8 Å². The van der Waals surface area contributed by atoms with Crippen LogP contribution in [0.25, 0.3) is 11.1 Å². The fourth-order valence-corrected chi connectivity index (χ4v) is 6.33. The van der Waals surface area contributed by atoms with Crippen LogP contribution in [0.5, 0.6) is 11.5 Å². The van der Waals surface area contributed by atoms with Crippen LogP contribution in [-0.4, -0.2) is 58.4 Å². The van der Waals surface area contributed by atoms with Crippen LogP contribution < -0.4 is 20.5 Å². The van der Waals surface area contributed by atoms with Crippen molar-refractivity contribution in [3.8, 4) is 11.5 Å². The van der Waals surface area contributed by atoms with E-state index in [-0.39, 0.29) is 44.5 Å². The Morgan fingerprint density at radius 2 is 1.58 bits per heavy atom. The molecule has 0 aliphatic carbocycles. The van der Waals surface area contributed by atoms with E-state index in [0.717, 1.165) is 16.7 Å². The van der Waals surface area contributed by atoms with Gasteiger partial charge in [0.05, 0.1) is 27.7 Å². The van der Waals surface area contributed by atoms with E-state index in [4.69, 9.17) is 37.1 Å². The molecule has 5 aromatic rings. The van der Waals surface area contributed by atoms with Gasteiger partial charge in [0.1, 0.15) is 0 Å². The summed E-state index contributed by atoms with van der Waals surface area (Å²) in [5.74, 6) is 0.268. The van der Waals surface area contributed by atoms with Gasteiger partial charge in [-0.25, -0.2) is 4.79 Å². The number of benzene rings is 4. The van der Waals surface area contributed by atoms with Gasteiger partial charge >= 0.3 is 5.76 Å². The number of aliphatic hydroxyl groups excluding tert-OH is 1. The molecule has 4 aromatic carbocycles. The molecule has 2 heterocycles. The van der Waals surface area contributed by atoms with E-state index in [1.807, 2.05) is 54.6 Å². The van der Waals surface area contributed by atoms with Gasteiger partial charge in [0, 0.05) is 32.5 Å². The molecule has 6 rings (SSSR count). The van der Waals surface area contributed by atoms with Crippen LogP contribution in [-0.2, 0) is 35.4 Å². The predicted molar refractivity (Wildman–Crippen MR) is 191 cm³/mol. The topological polar surface area (TPSA) is 123 Å². The minimum atomic E-state index is -1.11. The summed E-state index contributed by atoms with van der Waals surface area (Å²) >= 11 is 12.3. The van der Waals surface area contributed by atoms with Gasteiger partial charge in [0.2, 0.25) is 18.6 Å². The van der Waals surface area contributed by atoms with Crippen molar-refractivity contribution >= 4 is 46.1 Å². The summed E-state index contributed by atoms with van der Waals surface area (Å²) in [6.07, 6.45) is 0.314. The molecular formula is C38H37Cl2N3O7. The zero-order valence-electron chi connectivity index (χ0n) is 27.2. The predicted octanol–water partition coefficient (Wildman–Crippen LogP) is 5.81. The van der Waals surface area contributed by atoms with Crippen molar-refractivity contribution in [2.75, 3.05) is 19.9 Å². The zero-order valence-corrected chi connectivity index (χ0v) is 28.7. The van der Waals surface area contributed by atoms with Crippen molar-refractivity contribution < 1.29 is 28.6 Å². The lowest BCUT2D eigenvalue weighted by Gasteiger charge is -2.31.